The third kappa shape index (κ3) is 9.47. The minimum atomic E-state index is -4.58. The Hall–Kier alpha value is -0.530. The van der Waals surface area contributed by atoms with Crippen LogP contribution in [0.25, 0.3) is 0 Å². The molecule has 0 saturated heterocycles. The zero-order valence-corrected chi connectivity index (χ0v) is 5.86. The maximum absolute atomic E-state index is 11.0. The van der Waals surface area contributed by atoms with Crippen molar-refractivity contribution in [1.29, 1.82) is 0 Å². The first-order valence-corrected chi connectivity index (χ1v) is 2.68. The van der Waals surface area contributed by atoms with Gasteiger partial charge >= 0.3 is 5.97 Å². The van der Waals surface area contributed by atoms with Crippen molar-refractivity contribution < 1.29 is 35.9 Å². The quantitative estimate of drug-likeness (QED) is 0.639. The Morgan fingerprint density at radius 2 is 1.83 bits per heavy atom. The average molecular weight is 191 g/mol. The van der Waals surface area contributed by atoms with Crippen molar-refractivity contribution in [3.05, 3.63) is 0 Å². The van der Waals surface area contributed by atoms with Gasteiger partial charge in [0.05, 0.1) is 0 Å². The molecule has 0 atom stereocenters. The van der Waals surface area contributed by atoms with Gasteiger partial charge in [-0.05, 0) is 6.37 Å². The van der Waals surface area contributed by atoms with Gasteiger partial charge in [-0.3, -0.25) is 4.79 Å². The lowest BCUT2D eigenvalue weighted by Crippen LogP contribution is -1.93. The van der Waals surface area contributed by atoms with E-state index in [2.05, 4.69) is 0 Å². The summed E-state index contributed by atoms with van der Waals surface area (Å²) in [6, 6.07) is 0. The molecule has 0 heterocycles. The van der Waals surface area contributed by atoms with Crippen molar-refractivity contribution >= 4 is 5.97 Å². The SMILES string of the molecule is [2H]C([2H])([2H])C([2H])([2H])C([2H])([2H])C([2H])([2H])C([2H])([2H])C([2H])([2H])C([2H])([2H])C([2H])([2H])C([2H])([2H])C(=O)O. The highest BCUT2D eigenvalue weighted by Crippen LogP contribution is 2.07. The third-order valence-corrected chi connectivity index (χ3v) is 0.544. The first-order valence-electron chi connectivity index (χ1n) is 12.2. The van der Waals surface area contributed by atoms with Crippen molar-refractivity contribution in [2.75, 3.05) is 0 Å². The number of aliphatic carboxylic acids is 1. The van der Waals surface area contributed by atoms with Gasteiger partial charge in [-0.15, -0.1) is 0 Å². The summed E-state index contributed by atoms with van der Waals surface area (Å²) < 4.78 is 143. The molecule has 1 N–H and O–H groups in total. The highest BCUT2D eigenvalue weighted by atomic mass is 16.4. The summed E-state index contributed by atoms with van der Waals surface area (Å²) in [4.78, 5) is 11.0. The Labute approximate surface area is 102 Å². The lowest BCUT2D eigenvalue weighted by Gasteiger charge is -1.98. The summed E-state index contributed by atoms with van der Waals surface area (Å²) in [6.45, 7) is -3.90. The maximum atomic E-state index is 11.0. The van der Waals surface area contributed by atoms with E-state index < -0.39 is 63.8 Å². The molecule has 2 nitrogen and oxygen atoms in total. The van der Waals surface area contributed by atoms with Crippen LogP contribution in [-0.4, -0.2) is 11.1 Å². The van der Waals surface area contributed by atoms with E-state index in [4.69, 9.17) is 31.2 Å². The van der Waals surface area contributed by atoms with Crippen LogP contribution in [0.1, 0.15) is 83.9 Å². The van der Waals surface area contributed by atoms with Crippen LogP contribution in [0.2, 0.25) is 0 Å². The van der Waals surface area contributed by atoms with Gasteiger partial charge in [-0.1, -0.05) is 45.1 Å². The van der Waals surface area contributed by atoms with Crippen molar-refractivity contribution in [2.24, 2.45) is 0 Å². The zero-order chi connectivity index (χ0) is 26.1. The van der Waals surface area contributed by atoms with Crippen LogP contribution in [-0.2, 0) is 4.79 Å². The van der Waals surface area contributed by atoms with Crippen LogP contribution in [0.5, 0.6) is 0 Å². The summed E-state index contributed by atoms with van der Waals surface area (Å²) in [5, 5.41) is 8.85. The van der Waals surface area contributed by atoms with Crippen molar-refractivity contribution in [3.8, 4) is 0 Å². The van der Waals surface area contributed by atoms with Crippen LogP contribution in [0.3, 0.4) is 0 Å². The van der Waals surface area contributed by atoms with Gasteiger partial charge in [0.15, 0.2) is 0 Å². The summed E-state index contributed by atoms with van der Waals surface area (Å²) in [7, 11) is 0. The van der Waals surface area contributed by atoms with E-state index >= 15 is 0 Å². The normalized spacial score (nSPS) is 44.2. The maximum Gasteiger partial charge on any atom is 0.303 e. The number of carbonyl (C=O) groups is 1. The van der Waals surface area contributed by atoms with Crippen LogP contribution in [0.4, 0.5) is 0 Å². The molecule has 0 fully saturated rings. The van der Waals surface area contributed by atoms with Gasteiger partial charge in [0.2, 0.25) is 0 Å². The molecule has 0 saturated carbocycles. The summed E-state index contributed by atoms with van der Waals surface area (Å²) in [5.74, 6) is -2.60. The highest BCUT2D eigenvalue weighted by Gasteiger charge is 1.95. The lowest BCUT2D eigenvalue weighted by molar-refractivity contribution is -0.137. The lowest BCUT2D eigenvalue weighted by atomic mass is 10.1. The van der Waals surface area contributed by atoms with Gasteiger partial charge in [-0.2, -0.15) is 0 Å². The van der Waals surface area contributed by atoms with E-state index in [1.165, 1.54) is 0 Å². The first-order chi connectivity index (χ1) is 12.9. The summed E-state index contributed by atoms with van der Waals surface area (Å²) in [5.41, 5.74) is 0. The highest BCUT2D eigenvalue weighted by molar-refractivity contribution is 5.66. The van der Waals surface area contributed by atoms with Crippen LogP contribution >= 0.6 is 0 Å². The van der Waals surface area contributed by atoms with Gasteiger partial charge in [0.1, 0.15) is 0 Å². The Bertz CT molecular complexity index is 701. The standard InChI is InChI=1S/C10H20O2/c1-2-3-4-5-6-7-8-9-10(11)12/h2-9H2,1H3,(H,11,12)/i1D3,2D2,3D2,4D2,5D2,6D2,7D2,8D2,9D2. The van der Waals surface area contributed by atoms with Crippen molar-refractivity contribution in [3.63, 3.8) is 0 Å². The fourth-order valence-electron chi connectivity index (χ4n) is 0.241. The number of hydrogen-bond acceptors (Lipinski definition) is 1. The third-order valence-electron chi connectivity index (χ3n) is 0.544. The van der Waals surface area contributed by atoms with E-state index in [0.29, 0.717) is 0 Å². The second kappa shape index (κ2) is 8.57. The molecule has 0 spiro atoms. The van der Waals surface area contributed by atoms with Gasteiger partial charge < -0.3 is 5.11 Å². The molecule has 0 bridgehead atoms. The first kappa shape index (κ1) is 1.45. The number of carboxylic acid groups (broad SMARTS) is 1. The van der Waals surface area contributed by atoms with E-state index in [0.717, 1.165) is 0 Å². The smallest absolute Gasteiger partial charge is 0.303 e. The Morgan fingerprint density at radius 3 is 2.42 bits per heavy atom. The molecule has 0 aliphatic heterocycles. The Kier molecular flexibility index (Phi) is 1.03. The predicted molar refractivity (Wildman–Crippen MR) is 50.2 cm³/mol. The van der Waals surface area contributed by atoms with Gasteiger partial charge in [0.25, 0.3) is 0 Å². The average Bonchev–Trinajstić information content (AvgIpc) is 2.52. The molecule has 0 aliphatic rings. The molecule has 0 aliphatic carbocycles. The molecular weight excluding hydrogens is 152 g/mol. The Balaban J connectivity index is 6.95. The second-order valence-electron chi connectivity index (χ2n) is 1.31. The summed E-state index contributed by atoms with van der Waals surface area (Å²) in [6.07, 6.45) is -35.3. The molecule has 0 unspecified atom stereocenters. The molecule has 0 amide bonds. The second-order valence-corrected chi connectivity index (χ2v) is 1.31. The van der Waals surface area contributed by atoms with Gasteiger partial charge in [-0.25, -0.2) is 0 Å². The monoisotopic (exact) mass is 191 g/mol. The number of hydrogen-bond donors (Lipinski definition) is 1. The molecule has 0 aromatic heterocycles. The van der Waals surface area contributed by atoms with Crippen molar-refractivity contribution in [1.82, 2.24) is 0 Å². The van der Waals surface area contributed by atoms with Gasteiger partial charge in [0, 0.05) is 32.4 Å². The fourth-order valence-corrected chi connectivity index (χ4v) is 0.241. The van der Waals surface area contributed by atoms with E-state index in [9.17, 15) is 4.79 Å². The predicted octanol–water partition coefficient (Wildman–Crippen LogP) is 3.21. The molecule has 2 heteroatoms. The minimum Gasteiger partial charge on any atom is -0.481 e. The molecule has 0 radical (unpaired) electrons. The molecule has 72 valence electrons. The van der Waals surface area contributed by atoms with E-state index in [-0.39, 0.29) is 0 Å². The molecule has 12 heavy (non-hydrogen) atoms. The van der Waals surface area contributed by atoms with Crippen LogP contribution < -0.4 is 0 Å². The number of rotatable bonds is 8. The largest absolute Gasteiger partial charge is 0.481 e. The van der Waals surface area contributed by atoms with Crippen LogP contribution in [0.15, 0.2) is 0 Å². The minimum absolute atomic E-state index is 2.60. The molecule has 0 aromatic rings. The zero-order valence-electron chi connectivity index (χ0n) is 24.9. The van der Waals surface area contributed by atoms with E-state index in [1.807, 2.05) is 0 Å². The topological polar surface area (TPSA) is 37.3 Å². The molecular formula is C10H20O2. The summed E-state index contributed by atoms with van der Waals surface area (Å²) >= 11 is 0. The van der Waals surface area contributed by atoms with Crippen molar-refractivity contribution in [2.45, 2.75) is 57.8 Å². The molecule has 0 aromatic carbocycles. The van der Waals surface area contributed by atoms with E-state index in [1.54, 1.807) is 0 Å². The fraction of sp³-hybridized carbons (Fsp3) is 0.900. The number of carboxylic acids is 1. The molecule has 0 rings (SSSR count). The Morgan fingerprint density at radius 1 is 1.25 bits per heavy atom. The van der Waals surface area contributed by atoms with Crippen LogP contribution in [0, 0.1) is 0 Å².